The number of hydrogen-bond acceptors (Lipinski definition) is 4. The van der Waals surface area contributed by atoms with Crippen LogP contribution in [0, 0.1) is 5.82 Å². The van der Waals surface area contributed by atoms with Gasteiger partial charge >= 0.3 is 5.97 Å². The van der Waals surface area contributed by atoms with Gasteiger partial charge in [-0.3, -0.25) is 4.79 Å². The Morgan fingerprint density at radius 1 is 1.21 bits per heavy atom. The van der Waals surface area contributed by atoms with E-state index in [2.05, 4.69) is 33.0 Å². The van der Waals surface area contributed by atoms with Crippen molar-refractivity contribution in [2.24, 2.45) is 0 Å². The second-order valence-electron chi connectivity index (χ2n) is 9.63. The standard InChI is InChI=1S/C22H28FN3O3.40H2/c1-20(2)21(3,4)25(9-8-24-20)17-11-16-13(10-15(17)23)18(27)14(19(28)29)12-26(16)22(5)6-7-22;;;;;;;;;;;;;;;;;;;;;;;;;;;;;;;;;;;;;;;;/h10-12,24H,6-9H2,1-5H3,(H,28,29);40*1H. The molecule has 1 saturated heterocycles. The largest absolute Gasteiger partial charge is 0.477 e. The first kappa shape index (κ1) is 19.9. The van der Waals surface area contributed by atoms with Gasteiger partial charge in [0.1, 0.15) is 11.4 Å². The summed E-state index contributed by atoms with van der Waals surface area (Å²) in [5, 5.41) is 13.1. The highest BCUT2D eigenvalue weighted by molar-refractivity contribution is 5.93. The van der Waals surface area contributed by atoms with Crippen LogP contribution in [0.1, 0.15) is 115 Å². The molecule has 2 heterocycles. The van der Waals surface area contributed by atoms with Crippen LogP contribution < -0.4 is 15.6 Å². The van der Waals surface area contributed by atoms with E-state index in [0.29, 0.717) is 17.7 Å². The summed E-state index contributed by atoms with van der Waals surface area (Å²) in [4.78, 5) is 26.4. The van der Waals surface area contributed by atoms with Crippen LogP contribution in [-0.4, -0.2) is 39.8 Å². The Kier molecular flexibility index (Phi) is 4.15. The number of carboxylic acids is 1. The van der Waals surface area contributed by atoms with E-state index in [-0.39, 0.29) is 84.6 Å². The second-order valence-corrected chi connectivity index (χ2v) is 9.63. The minimum Gasteiger partial charge on any atom is -0.477 e. The molecule has 0 bridgehead atoms. The van der Waals surface area contributed by atoms with Crippen LogP contribution in [-0.2, 0) is 5.54 Å². The van der Waals surface area contributed by atoms with E-state index in [1.807, 2.05) is 16.4 Å². The minimum atomic E-state index is -1.29. The lowest BCUT2D eigenvalue weighted by Gasteiger charge is -2.55. The number of benzene rings is 1. The fourth-order valence-electron chi connectivity index (χ4n) is 4.30. The third-order valence-electron chi connectivity index (χ3n) is 7.26. The van der Waals surface area contributed by atoms with Gasteiger partial charge in [0.05, 0.1) is 16.7 Å². The molecule has 0 radical (unpaired) electrons. The zero-order valence-electron chi connectivity index (χ0n) is 17.6. The molecule has 0 amide bonds. The minimum absolute atomic E-state index is 0. The number of anilines is 1. The van der Waals surface area contributed by atoms with Crippen LogP contribution in [0.4, 0.5) is 10.1 Å². The van der Waals surface area contributed by atoms with Crippen LogP contribution in [0.5, 0.6) is 0 Å². The van der Waals surface area contributed by atoms with Crippen molar-refractivity contribution in [3.63, 3.8) is 0 Å². The van der Waals surface area contributed by atoms with Crippen molar-refractivity contribution < 1.29 is 71.4 Å². The number of fused-ring (bicyclic) bond motifs is 1. The SMILES string of the molecule is CC1(n2cc(C(=O)O)c(=O)c3cc(F)c(N4CCNC(C)(C)C4(C)C)cc32)CC1.[HH].[HH].[HH].[HH].[HH].[HH].[HH].[HH].[HH].[HH].[HH].[HH].[HH].[HH].[HH].[HH].[HH].[HH].[HH].[HH].[HH].[HH].[HH].[HH].[HH].[HH].[HH].[HH].[HH].[HH].[HH].[HH].[HH].[HH].[HH].[HH].[HH].[HH].[HH].[HH]. The van der Waals surface area contributed by atoms with Gasteiger partial charge in [-0.25, -0.2) is 9.18 Å². The van der Waals surface area contributed by atoms with Gasteiger partial charge in [-0.05, 0) is 59.6 Å². The van der Waals surface area contributed by atoms with Crippen molar-refractivity contribution in [1.29, 1.82) is 0 Å². The number of hydrogen-bond donors (Lipinski definition) is 2. The topological polar surface area (TPSA) is 74.6 Å². The molecule has 1 saturated carbocycles. The fourth-order valence-corrected chi connectivity index (χ4v) is 4.30. The van der Waals surface area contributed by atoms with Crippen LogP contribution in [0.25, 0.3) is 10.9 Å². The molecule has 0 atom stereocenters. The van der Waals surface area contributed by atoms with Crippen molar-refractivity contribution in [3.05, 3.63) is 39.9 Å². The van der Waals surface area contributed by atoms with Gasteiger partial charge in [-0.1, -0.05) is 0 Å². The van der Waals surface area contributed by atoms with E-state index < -0.39 is 17.2 Å². The molecule has 6 nitrogen and oxygen atoms in total. The number of rotatable bonds is 3. The number of pyridine rings is 1. The Bertz CT molecular complexity index is 1150. The van der Waals surface area contributed by atoms with Gasteiger partial charge in [0.25, 0.3) is 0 Å². The maximum atomic E-state index is 15.3. The Hall–Kier alpha value is -2.41. The Labute approximate surface area is 228 Å². The molecule has 0 spiro atoms. The average Bonchev–Trinajstić information content (AvgIpc) is 3.36. The molecule has 2 aromatic rings. The summed E-state index contributed by atoms with van der Waals surface area (Å²) >= 11 is 0. The molecule has 4 rings (SSSR count). The molecule has 1 aromatic carbocycles. The number of halogens is 1. The summed E-state index contributed by atoms with van der Waals surface area (Å²) in [7, 11) is 0. The van der Waals surface area contributed by atoms with Gasteiger partial charge in [-0.15, -0.1) is 0 Å². The maximum Gasteiger partial charge on any atom is 0.341 e. The smallest absolute Gasteiger partial charge is 0.341 e. The number of aromatic nitrogens is 1. The molecule has 7 heteroatoms. The highest BCUT2D eigenvalue weighted by Gasteiger charge is 2.45. The molecule has 0 unspecified atom stereocenters. The van der Waals surface area contributed by atoms with Crippen LogP contribution in [0.2, 0.25) is 0 Å². The monoisotopic (exact) mass is 482 g/mol. The summed E-state index contributed by atoms with van der Waals surface area (Å²) in [6, 6.07) is 2.94. The zero-order valence-corrected chi connectivity index (χ0v) is 17.6. The molecule has 1 aliphatic heterocycles. The fraction of sp³-hybridized carbons (Fsp3) is 0.545. The first-order valence-corrected chi connectivity index (χ1v) is 10.0. The molecule has 2 N–H and O–H groups in total. The summed E-state index contributed by atoms with van der Waals surface area (Å²) in [6.45, 7) is 11.7. The summed E-state index contributed by atoms with van der Waals surface area (Å²) in [6.07, 6.45) is 3.21. The van der Waals surface area contributed by atoms with Crippen LogP contribution in [0.15, 0.2) is 23.1 Å². The molecule has 29 heavy (non-hydrogen) atoms. The van der Waals surface area contributed by atoms with Crippen molar-refractivity contribution >= 4 is 22.6 Å². The number of nitrogens with zero attached hydrogens (tertiary/aromatic N) is 2. The van der Waals surface area contributed by atoms with E-state index in [1.54, 1.807) is 6.07 Å². The third kappa shape index (κ3) is 2.86. The second kappa shape index (κ2) is 6.05. The Balaban J connectivity index is -0.00000000731. The predicted molar refractivity (Wildman–Crippen MR) is 196 cm³/mol. The number of aromatic carboxylic acids is 1. The van der Waals surface area contributed by atoms with Gasteiger partial charge in [0.2, 0.25) is 5.43 Å². The number of piperazine rings is 1. The number of carbonyl (C=O) groups is 1. The zero-order chi connectivity index (χ0) is 21.4. The molecular formula is C22H108FN3O3. The highest BCUT2D eigenvalue weighted by Crippen LogP contribution is 2.45. The van der Waals surface area contributed by atoms with E-state index in [9.17, 15) is 14.7 Å². The third-order valence-corrected chi connectivity index (χ3v) is 7.26. The van der Waals surface area contributed by atoms with Gasteiger partial charge in [0, 0.05) is 92.8 Å². The number of carboxylic acid groups (broad SMARTS) is 1. The summed E-state index contributed by atoms with van der Waals surface area (Å²) < 4.78 is 17.2. The quantitative estimate of drug-likeness (QED) is 0.455. The lowest BCUT2D eigenvalue weighted by atomic mass is 9.78. The molecule has 1 aromatic heterocycles. The van der Waals surface area contributed by atoms with Crippen molar-refractivity contribution in [2.45, 2.75) is 64.1 Å². The first-order valence-electron chi connectivity index (χ1n) is 10.0. The van der Waals surface area contributed by atoms with Gasteiger partial charge in [0.15, 0.2) is 0 Å². The molecule has 236 valence electrons. The van der Waals surface area contributed by atoms with Gasteiger partial charge in [-0.2, -0.15) is 0 Å². The molecular weight excluding hydrogens is 373 g/mol. The van der Waals surface area contributed by atoms with E-state index in [4.69, 9.17) is 0 Å². The average molecular weight is 482 g/mol. The highest BCUT2D eigenvalue weighted by atomic mass is 19.1. The van der Waals surface area contributed by atoms with Crippen molar-refractivity contribution in [1.82, 2.24) is 9.88 Å². The van der Waals surface area contributed by atoms with E-state index in [1.165, 1.54) is 12.3 Å². The van der Waals surface area contributed by atoms with Crippen LogP contribution >= 0.6 is 0 Å². The van der Waals surface area contributed by atoms with E-state index in [0.717, 1.165) is 19.4 Å². The lowest BCUT2D eigenvalue weighted by molar-refractivity contribution is 0.0694. The molecule has 2 aliphatic rings. The van der Waals surface area contributed by atoms with Crippen molar-refractivity contribution in [3.8, 4) is 0 Å². The van der Waals surface area contributed by atoms with Crippen molar-refractivity contribution in [2.75, 3.05) is 18.0 Å². The molecule has 1 aliphatic carbocycles. The lowest BCUT2D eigenvalue weighted by Crippen LogP contribution is -2.70. The Morgan fingerprint density at radius 2 is 1.86 bits per heavy atom. The first-order chi connectivity index (χ1) is 13.4. The van der Waals surface area contributed by atoms with E-state index >= 15 is 4.39 Å². The van der Waals surface area contributed by atoms with Gasteiger partial charge < -0.3 is 19.9 Å². The number of nitrogens with one attached hydrogen (secondary N) is 1. The Morgan fingerprint density at radius 3 is 2.45 bits per heavy atom. The molecule has 2 fully saturated rings. The van der Waals surface area contributed by atoms with Crippen LogP contribution in [0.3, 0.4) is 0 Å². The summed E-state index contributed by atoms with van der Waals surface area (Å²) in [5.41, 5.74) is -0.804. The maximum absolute atomic E-state index is 15.3. The normalized spacial score (nSPS) is 21.9. The summed E-state index contributed by atoms with van der Waals surface area (Å²) in [5.74, 6) is -1.79. The predicted octanol–water partition coefficient (Wildman–Crippen LogP) is 13.2.